The van der Waals surface area contributed by atoms with Gasteiger partial charge in [0, 0.05) is 32.4 Å². The fraction of sp³-hybridized carbons (Fsp3) is 0.350. The van der Waals surface area contributed by atoms with Gasteiger partial charge in [-0.15, -0.1) is 0 Å². The first-order valence-corrected chi connectivity index (χ1v) is 10.4. The number of benzene rings is 2. The van der Waals surface area contributed by atoms with E-state index in [1.807, 2.05) is 24.3 Å². The third-order valence-electron chi connectivity index (χ3n) is 4.07. The van der Waals surface area contributed by atoms with Crippen LogP contribution in [0.2, 0.25) is 0 Å². The molecule has 0 fully saturated rings. The lowest BCUT2D eigenvalue weighted by Crippen LogP contribution is -2.25. The Balaban J connectivity index is 1.84. The second kappa shape index (κ2) is 10.8. The third-order valence-corrected chi connectivity index (χ3v) is 5.54. The summed E-state index contributed by atoms with van der Waals surface area (Å²) in [6.45, 7) is 0.796. The maximum atomic E-state index is 12.2. The van der Waals surface area contributed by atoms with Crippen molar-refractivity contribution < 1.29 is 22.7 Å². The summed E-state index contributed by atoms with van der Waals surface area (Å²) in [5.41, 5.74) is 1.59. The van der Waals surface area contributed by atoms with Crippen LogP contribution < -0.4 is 14.8 Å². The van der Waals surface area contributed by atoms with Crippen molar-refractivity contribution in [1.82, 2.24) is 4.72 Å². The molecule has 0 aliphatic rings. The van der Waals surface area contributed by atoms with E-state index in [1.54, 1.807) is 26.4 Å². The first-order valence-electron chi connectivity index (χ1n) is 8.96. The lowest BCUT2D eigenvalue weighted by atomic mass is 10.1. The molecule has 0 aromatic heterocycles. The number of methoxy groups -OCH3 is 2. The van der Waals surface area contributed by atoms with Crippen LogP contribution in [0.3, 0.4) is 0 Å². The van der Waals surface area contributed by atoms with Crippen LogP contribution in [0.25, 0.3) is 0 Å². The van der Waals surface area contributed by atoms with E-state index in [9.17, 15) is 13.2 Å². The van der Waals surface area contributed by atoms with Crippen LogP contribution in [0.5, 0.6) is 5.75 Å². The van der Waals surface area contributed by atoms with Gasteiger partial charge in [-0.05, 0) is 54.8 Å². The van der Waals surface area contributed by atoms with Crippen molar-refractivity contribution in [3.63, 3.8) is 0 Å². The molecule has 0 radical (unpaired) electrons. The fourth-order valence-electron chi connectivity index (χ4n) is 2.50. The molecule has 7 nitrogen and oxygen atoms in total. The van der Waals surface area contributed by atoms with Gasteiger partial charge < -0.3 is 14.8 Å². The van der Waals surface area contributed by atoms with Gasteiger partial charge in [0.1, 0.15) is 5.75 Å². The molecule has 152 valence electrons. The number of hydrogen-bond acceptors (Lipinski definition) is 5. The highest BCUT2D eigenvalue weighted by atomic mass is 32.2. The standard InChI is InChI=1S/C20H26N2O5S/c1-26-15-3-14-21-28(24,25)19-11-7-17(8-12-19)22-20(23)13-6-16-4-9-18(27-2)10-5-16/h4-5,7-12,21H,3,6,13-15H2,1-2H3,(H,22,23). The predicted octanol–water partition coefficient (Wildman–Crippen LogP) is 2.58. The fourth-order valence-corrected chi connectivity index (χ4v) is 3.57. The van der Waals surface area contributed by atoms with Crippen LogP contribution >= 0.6 is 0 Å². The molecule has 0 aliphatic carbocycles. The first-order chi connectivity index (χ1) is 13.4. The molecular formula is C20H26N2O5S. The Morgan fingerprint density at radius 3 is 2.29 bits per heavy atom. The Morgan fingerprint density at radius 1 is 1.00 bits per heavy atom. The van der Waals surface area contributed by atoms with Crippen LogP contribution in [0.1, 0.15) is 18.4 Å². The van der Waals surface area contributed by atoms with Gasteiger partial charge in [0.05, 0.1) is 12.0 Å². The quantitative estimate of drug-likeness (QED) is 0.560. The number of carbonyl (C=O) groups excluding carboxylic acids is 1. The Hall–Kier alpha value is -2.42. The Bertz CT molecular complexity index is 849. The number of aryl methyl sites for hydroxylation is 1. The molecule has 0 spiro atoms. The van der Waals surface area contributed by atoms with Crippen molar-refractivity contribution in [2.75, 3.05) is 32.7 Å². The number of rotatable bonds is 11. The lowest BCUT2D eigenvalue weighted by Gasteiger charge is -2.09. The van der Waals surface area contributed by atoms with Gasteiger partial charge in [0.15, 0.2) is 0 Å². The smallest absolute Gasteiger partial charge is 0.240 e. The number of anilines is 1. The number of ether oxygens (including phenoxy) is 2. The molecule has 0 unspecified atom stereocenters. The van der Waals surface area contributed by atoms with Crippen molar-refractivity contribution >= 4 is 21.6 Å². The molecule has 28 heavy (non-hydrogen) atoms. The van der Waals surface area contributed by atoms with Gasteiger partial charge in [0.25, 0.3) is 0 Å². The van der Waals surface area contributed by atoms with Crippen molar-refractivity contribution in [1.29, 1.82) is 0 Å². The summed E-state index contributed by atoms with van der Waals surface area (Å²) in [6, 6.07) is 13.7. The Labute approximate surface area is 166 Å². The molecule has 0 aliphatic heterocycles. The third kappa shape index (κ3) is 6.95. The minimum atomic E-state index is -3.57. The Morgan fingerprint density at radius 2 is 1.68 bits per heavy atom. The largest absolute Gasteiger partial charge is 0.497 e. The molecule has 2 aromatic rings. The topological polar surface area (TPSA) is 93.7 Å². The minimum absolute atomic E-state index is 0.135. The lowest BCUT2D eigenvalue weighted by molar-refractivity contribution is -0.116. The van der Waals surface area contributed by atoms with E-state index in [-0.39, 0.29) is 10.8 Å². The summed E-state index contributed by atoms with van der Waals surface area (Å²) < 4.78 is 36.9. The summed E-state index contributed by atoms with van der Waals surface area (Å²) in [5, 5.41) is 2.78. The van der Waals surface area contributed by atoms with Crippen LogP contribution in [-0.2, 0) is 26.0 Å². The zero-order valence-corrected chi connectivity index (χ0v) is 16.9. The summed E-state index contributed by atoms with van der Waals surface area (Å²) in [6.07, 6.45) is 1.53. The van der Waals surface area contributed by atoms with E-state index >= 15 is 0 Å². The normalized spacial score (nSPS) is 11.2. The zero-order valence-electron chi connectivity index (χ0n) is 16.1. The number of amides is 1. The highest BCUT2D eigenvalue weighted by molar-refractivity contribution is 7.89. The summed E-state index contributed by atoms with van der Waals surface area (Å²) in [5.74, 6) is 0.639. The first kappa shape index (κ1) is 21.9. The van der Waals surface area contributed by atoms with Crippen LogP contribution in [0.4, 0.5) is 5.69 Å². The second-order valence-electron chi connectivity index (χ2n) is 6.16. The van der Waals surface area contributed by atoms with E-state index in [2.05, 4.69) is 10.0 Å². The molecule has 0 heterocycles. The minimum Gasteiger partial charge on any atom is -0.497 e. The van der Waals surface area contributed by atoms with E-state index < -0.39 is 10.0 Å². The molecule has 0 atom stereocenters. The van der Waals surface area contributed by atoms with Crippen LogP contribution in [0, 0.1) is 0 Å². The maximum absolute atomic E-state index is 12.2. The monoisotopic (exact) mass is 406 g/mol. The van der Waals surface area contributed by atoms with Gasteiger partial charge >= 0.3 is 0 Å². The molecule has 0 saturated carbocycles. The summed E-state index contributed by atoms with van der Waals surface area (Å²) in [7, 11) is -0.391. The molecule has 0 saturated heterocycles. The van der Waals surface area contributed by atoms with Gasteiger partial charge in [-0.1, -0.05) is 12.1 Å². The average molecular weight is 407 g/mol. The SMILES string of the molecule is COCCCNS(=O)(=O)c1ccc(NC(=O)CCc2ccc(OC)cc2)cc1. The summed E-state index contributed by atoms with van der Waals surface area (Å²) in [4.78, 5) is 12.3. The molecule has 2 N–H and O–H groups in total. The Kier molecular flexibility index (Phi) is 8.43. The molecule has 1 amide bonds. The van der Waals surface area contributed by atoms with Crippen LogP contribution in [0.15, 0.2) is 53.4 Å². The van der Waals surface area contributed by atoms with Crippen molar-refractivity contribution in [2.45, 2.75) is 24.2 Å². The number of sulfonamides is 1. The van der Waals surface area contributed by atoms with Crippen molar-refractivity contribution in [3.05, 3.63) is 54.1 Å². The van der Waals surface area contributed by atoms with Crippen LogP contribution in [-0.4, -0.2) is 41.7 Å². The van der Waals surface area contributed by atoms with Gasteiger partial charge in [-0.2, -0.15) is 0 Å². The number of nitrogens with one attached hydrogen (secondary N) is 2. The van der Waals surface area contributed by atoms with E-state index in [0.717, 1.165) is 11.3 Å². The molecule has 2 aromatic carbocycles. The molecule has 2 rings (SSSR count). The van der Waals surface area contributed by atoms with Gasteiger partial charge in [-0.3, -0.25) is 4.79 Å². The summed E-state index contributed by atoms with van der Waals surface area (Å²) >= 11 is 0. The maximum Gasteiger partial charge on any atom is 0.240 e. The highest BCUT2D eigenvalue weighted by Gasteiger charge is 2.13. The van der Waals surface area contributed by atoms with E-state index in [1.165, 1.54) is 12.1 Å². The van der Waals surface area contributed by atoms with E-state index in [4.69, 9.17) is 9.47 Å². The molecule has 0 bridgehead atoms. The van der Waals surface area contributed by atoms with Crippen molar-refractivity contribution in [2.24, 2.45) is 0 Å². The van der Waals surface area contributed by atoms with E-state index in [0.29, 0.717) is 38.1 Å². The second-order valence-corrected chi connectivity index (χ2v) is 7.93. The number of carbonyl (C=O) groups is 1. The molecular weight excluding hydrogens is 380 g/mol. The van der Waals surface area contributed by atoms with Gasteiger partial charge in [0.2, 0.25) is 15.9 Å². The zero-order chi connectivity index (χ0) is 20.4. The van der Waals surface area contributed by atoms with Gasteiger partial charge in [-0.25, -0.2) is 13.1 Å². The highest BCUT2D eigenvalue weighted by Crippen LogP contribution is 2.16. The average Bonchev–Trinajstić information content (AvgIpc) is 2.70. The predicted molar refractivity (Wildman–Crippen MR) is 108 cm³/mol. The molecule has 8 heteroatoms. The number of hydrogen-bond donors (Lipinski definition) is 2. The van der Waals surface area contributed by atoms with Crippen molar-refractivity contribution in [3.8, 4) is 5.75 Å².